The summed E-state index contributed by atoms with van der Waals surface area (Å²) in [7, 11) is 5.86. The van der Waals surface area contributed by atoms with Crippen LogP contribution in [-0.4, -0.2) is 73.4 Å². The van der Waals surface area contributed by atoms with Gasteiger partial charge in [-0.05, 0) is 14.1 Å². The van der Waals surface area contributed by atoms with E-state index < -0.39 is 0 Å². The molecule has 2 unspecified atom stereocenters. The van der Waals surface area contributed by atoms with Crippen LogP contribution < -0.4 is 5.73 Å². The maximum absolute atomic E-state index is 5.58. The van der Waals surface area contributed by atoms with Gasteiger partial charge in [0.25, 0.3) is 5.89 Å². The highest BCUT2D eigenvalue weighted by Gasteiger charge is 2.25. The third-order valence-corrected chi connectivity index (χ3v) is 3.66. The molecule has 2 N–H and O–H groups in total. The summed E-state index contributed by atoms with van der Waals surface area (Å²) < 4.78 is 10.4. The summed E-state index contributed by atoms with van der Waals surface area (Å²) in [6.45, 7) is 3.52. The van der Waals surface area contributed by atoms with Gasteiger partial charge in [0.2, 0.25) is 0 Å². The van der Waals surface area contributed by atoms with Crippen molar-refractivity contribution in [3.8, 4) is 0 Å². The normalized spacial score (nSPS) is 23.7. The number of piperazine rings is 1. The van der Waals surface area contributed by atoms with Crippen molar-refractivity contribution in [2.24, 2.45) is 5.73 Å². The van der Waals surface area contributed by atoms with Crippen molar-refractivity contribution in [2.45, 2.75) is 18.6 Å². The minimum absolute atomic E-state index is 0.312. The highest BCUT2D eigenvalue weighted by molar-refractivity contribution is 4.95. The summed E-state index contributed by atoms with van der Waals surface area (Å²) in [5.74, 6) is 1.18. The van der Waals surface area contributed by atoms with Crippen molar-refractivity contribution in [3.05, 3.63) is 11.7 Å². The van der Waals surface area contributed by atoms with Crippen molar-refractivity contribution < 1.29 is 9.26 Å². The molecule has 2 heterocycles. The van der Waals surface area contributed by atoms with Crippen molar-refractivity contribution in [1.29, 1.82) is 0 Å². The summed E-state index contributed by atoms with van der Waals surface area (Å²) in [5.41, 5.74) is 5.58. The summed E-state index contributed by atoms with van der Waals surface area (Å²) in [6.07, 6.45) is 0.471. The third kappa shape index (κ3) is 3.50. The maximum atomic E-state index is 5.58. The molecule has 19 heavy (non-hydrogen) atoms. The first-order valence-electron chi connectivity index (χ1n) is 6.58. The Morgan fingerprint density at radius 3 is 2.95 bits per heavy atom. The van der Waals surface area contributed by atoms with E-state index in [9.17, 15) is 0 Å². The van der Waals surface area contributed by atoms with Crippen LogP contribution in [0.1, 0.15) is 17.8 Å². The number of likely N-dealkylation sites (N-methyl/N-ethyl adjacent to an activating group) is 2. The summed E-state index contributed by atoms with van der Waals surface area (Å²) in [4.78, 5) is 9.04. The number of rotatable bonds is 5. The van der Waals surface area contributed by atoms with Gasteiger partial charge < -0.3 is 24.8 Å². The molecule has 0 radical (unpaired) electrons. The molecule has 0 spiro atoms. The number of hydrogen-bond acceptors (Lipinski definition) is 7. The number of ether oxygens (including phenoxy) is 1. The fraction of sp³-hybridized carbons (Fsp3) is 0.833. The molecule has 0 aliphatic carbocycles. The first-order valence-corrected chi connectivity index (χ1v) is 6.58. The van der Waals surface area contributed by atoms with E-state index in [4.69, 9.17) is 15.0 Å². The second kappa shape index (κ2) is 6.42. The predicted molar refractivity (Wildman–Crippen MR) is 70.7 cm³/mol. The predicted octanol–water partition coefficient (Wildman–Crippen LogP) is -0.496. The first kappa shape index (κ1) is 14.4. The Morgan fingerprint density at radius 2 is 2.26 bits per heavy atom. The first-order chi connectivity index (χ1) is 9.13. The highest BCUT2D eigenvalue weighted by Crippen LogP contribution is 2.15. The third-order valence-electron chi connectivity index (χ3n) is 3.66. The van der Waals surface area contributed by atoms with Crippen molar-refractivity contribution in [1.82, 2.24) is 19.9 Å². The van der Waals surface area contributed by atoms with Gasteiger partial charge in [-0.2, -0.15) is 4.98 Å². The van der Waals surface area contributed by atoms with Gasteiger partial charge in [-0.3, -0.25) is 0 Å². The lowest BCUT2D eigenvalue weighted by molar-refractivity contribution is 0.0803. The molecule has 1 aromatic heterocycles. The summed E-state index contributed by atoms with van der Waals surface area (Å²) in [6, 6.07) is 0.420. The molecule has 7 nitrogen and oxygen atoms in total. The van der Waals surface area contributed by atoms with Crippen molar-refractivity contribution in [3.63, 3.8) is 0 Å². The van der Waals surface area contributed by atoms with E-state index >= 15 is 0 Å². The Kier molecular flexibility index (Phi) is 4.87. The molecule has 1 fully saturated rings. The number of nitrogens with zero attached hydrogens (tertiary/aromatic N) is 4. The van der Waals surface area contributed by atoms with Gasteiger partial charge in [0.05, 0.1) is 0 Å². The standard InChI is InChI=1S/C12H23N5O2/c1-16-4-5-17(2)9(8-16)6-11-14-12(19-15-11)10(7-13)18-3/h9-10H,4-8,13H2,1-3H3. The number of aromatic nitrogens is 2. The molecule has 1 aliphatic heterocycles. The van der Waals surface area contributed by atoms with Gasteiger partial charge in [-0.25, -0.2) is 0 Å². The average Bonchev–Trinajstić information content (AvgIpc) is 2.84. The Labute approximate surface area is 113 Å². The molecule has 1 saturated heterocycles. The topological polar surface area (TPSA) is 80.7 Å². The number of methoxy groups -OCH3 is 1. The molecule has 2 rings (SSSR count). The molecule has 108 valence electrons. The van der Waals surface area contributed by atoms with E-state index in [1.807, 2.05) is 0 Å². The number of hydrogen-bond donors (Lipinski definition) is 1. The van der Waals surface area contributed by atoms with E-state index in [0.717, 1.165) is 31.9 Å². The van der Waals surface area contributed by atoms with E-state index in [1.54, 1.807) is 7.11 Å². The smallest absolute Gasteiger partial charge is 0.257 e. The average molecular weight is 269 g/mol. The zero-order valence-corrected chi connectivity index (χ0v) is 11.9. The van der Waals surface area contributed by atoms with Crippen molar-refractivity contribution in [2.75, 3.05) is 47.4 Å². The van der Waals surface area contributed by atoms with Gasteiger partial charge in [0.15, 0.2) is 5.82 Å². The van der Waals surface area contributed by atoms with Gasteiger partial charge in [0.1, 0.15) is 6.10 Å². The Balaban J connectivity index is 1.99. The molecular formula is C12H23N5O2. The molecule has 0 bridgehead atoms. The molecule has 0 saturated carbocycles. The van der Waals surface area contributed by atoms with Crippen LogP contribution in [0.4, 0.5) is 0 Å². The zero-order chi connectivity index (χ0) is 13.8. The second-order valence-corrected chi connectivity index (χ2v) is 5.11. The zero-order valence-electron chi connectivity index (χ0n) is 11.9. The van der Waals surface area contributed by atoms with Gasteiger partial charge >= 0.3 is 0 Å². The van der Waals surface area contributed by atoms with Crippen LogP contribution in [0, 0.1) is 0 Å². The lowest BCUT2D eigenvalue weighted by atomic mass is 10.1. The number of nitrogens with two attached hydrogens (primary N) is 1. The van der Waals surface area contributed by atoms with Crippen LogP contribution in [0.15, 0.2) is 4.52 Å². The van der Waals surface area contributed by atoms with Crippen LogP contribution in [0.25, 0.3) is 0 Å². The lowest BCUT2D eigenvalue weighted by Crippen LogP contribution is -2.50. The van der Waals surface area contributed by atoms with E-state index in [-0.39, 0.29) is 6.10 Å². The molecule has 2 atom stereocenters. The fourth-order valence-electron chi connectivity index (χ4n) is 2.31. The van der Waals surface area contributed by atoms with Crippen LogP contribution >= 0.6 is 0 Å². The van der Waals surface area contributed by atoms with Crippen LogP contribution in [-0.2, 0) is 11.2 Å². The van der Waals surface area contributed by atoms with Crippen LogP contribution in [0.2, 0.25) is 0 Å². The second-order valence-electron chi connectivity index (χ2n) is 5.11. The molecular weight excluding hydrogens is 246 g/mol. The van der Waals surface area contributed by atoms with E-state index in [0.29, 0.717) is 18.5 Å². The highest BCUT2D eigenvalue weighted by atomic mass is 16.5. The minimum Gasteiger partial charge on any atom is -0.370 e. The van der Waals surface area contributed by atoms with E-state index in [2.05, 4.69) is 34.0 Å². The van der Waals surface area contributed by atoms with E-state index in [1.165, 1.54) is 0 Å². The quantitative estimate of drug-likeness (QED) is 0.772. The van der Waals surface area contributed by atoms with Crippen molar-refractivity contribution >= 4 is 0 Å². The maximum Gasteiger partial charge on any atom is 0.257 e. The molecule has 0 amide bonds. The van der Waals surface area contributed by atoms with Crippen LogP contribution in [0.3, 0.4) is 0 Å². The van der Waals surface area contributed by atoms with Gasteiger partial charge in [-0.15, -0.1) is 0 Å². The Bertz CT molecular complexity index is 393. The Morgan fingerprint density at radius 1 is 1.47 bits per heavy atom. The SMILES string of the molecule is COC(CN)c1nc(CC2CN(C)CCN2C)no1. The molecule has 1 aromatic rings. The lowest BCUT2D eigenvalue weighted by Gasteiger charge is -2.37. The largest absolute Gasteiger partial charge is 0.370 e. The van der Waals surface area contributed by atoms with Crippen LogP contribution in [0.5, 0.6) is 0 Å². The monoisotopic (exact) mass is 269 g/mol. The fourth-order valence-corrected chi connectivity index (χ4v) is 2.31. The Hall–Kier alpha value is -1.02. The van der Waals surface area contributed by atoms with Gasteiger partial charge in [-0.1, -0.05) is 5.16 Å². The van der Waals surface area contributed by atoms with Gasteiger partial charge in [0, 0.05) is 45.8 Å². The summed E-state index contributed by atoms with van der Waals surface area (Å²) in [5, 5.41) is 4.02. The molecule has 7 heteroatoms. The molecule has 0 aromatic carbocycles. The minimum atomic E-state index is -0.312. The molecule has 1 aliphatic rings. The summed E-state index contributed by atoms with van der Waals surface area (Å²) >= 11 is 0.